The molecular weight excluding hydrogens is 538 g/mol. The second-order valence-corrected chi connectivity index (χ2v) is 13.3. The molecule has 2 N–H and O–H groups in total. The highest BCUT2D eigenvalue weighted by atomic mass is 79.9. The minimum atomic E-state index is -3.17. The molecule has 6 nitrogen and oxygen atoms in total. The van der Waals surface area contributed by atoms with Crippen LogP contribution in [0.5, 0.6) is 0 Å². The first-order chi connectivity index (χ1) is 17.3. The first-order valence-electron chi connectivity index (χ1n) is 12.9. The fourth-order valence-corrected chi connectivity index (χ4v) is 6.82. The minimum absolute atomic E-state index is 0.0234. The van der Waals surface area contributed by atoms with Crippen LogP contribution < -0.4 is 5.32 Å². The van der Waals surface area contributed by atoms with Crippen molar-refractivity contribution in [2.45, 2.75) is 55.9 Å². The van der Waals surface area contributed by atoms with Gasteiger partial charge in [-0.25, -0.2) is 8.42 Å². The summed E-state index contributed by atoms with van der Waals surface area (Å²) >= 11 is 3.54. The van der Waals surface area contributed by atoms with Crippen LogP contribution in [-0.2, 0) is 22.7 Å². The van der Waals surface area contributed by atoms with Crippen molar-refractivity contribution in [3.8, 4) is 0 Å². The predicted octanol–water partition coefficient (Wildman–Crippen LogP) is 5.11. The van der Waals surface area contributed by atoms with Gasteiger partial charge in [0.15, 0.2) is 9.84 Å². The molecule has 1 aromatic heterocycles. The number of halogens is 1. The fourth-order valence-electron chi connectivity index (χ4n) is 5.67. The Balaban J connectivity index is 1.07. The lowest BCUT2D eigenvalue weighted by Gasteiger charge is -2.30. The predicted molar refractivity (Wildman–Crippen MR) is 147 cm³/mol. The average molecular weight is 573 g/mol. The topological polar surface area (TPSA) is 82.3 Å². The Kier molecular flexibility index (Phi) is 7.56. The highest BCUT2D eigenvalue weighted by molar-refractivity contribution is 9.10. The van der Waals surface area contributed by atoms with Gasteiger partial charge in [0.2, 0.25) is 0 Å². The lowest BCUT2D eigenvalue weighted by atomic mass is 9.84. The Morgan fingerprint density at radius 1 is 1.06 bits per heavy atom. The molecule has 2 aliphatic rings. The zero-order valence-electron chi connectivity index (χ0n) is 20.7. The van der Waals surface area contributed by atoms with Crippen LogP contribution in [0.2, 0.25) is 0 Å². The molecule has 1 saturated carbocycles. The molecule has 0 bridgehead atoms. The van der Waals surface area contributed by atoms with Crippen molar-refractivity contribution in [2.75, 3.05) is 25.9 Å². The van der Waals surface area contributed by atoms with Gasteiger partial charge < -0.3 is 15.2 Å². The average Bonchev–Trinajstić information content (AvgIpc) is 3.20. The van der Waals surface area contributed by atoms with Crippen molar-refractivity contribution >= 4 is 42.6 Å². The molecule has 0 unspecified atom stereocenters. The zero-order valence-corrected chi connectivity index (χ0v) is 23.1. The number of para-hydroxylation sites is 1. The Labute approximate surface area is 221 Å². The van der Waals surface area contributed by atoms with Gasteiger partial charge in [-0.15, -0.1) is 0 Å². The number of amides is 1. The molecule has 1 aliphatic heterocycles. The van der Waals surface area contributed by atoms with Crippen LogP contribution in [0.15, 0.2) is 51.8 Å². The molecule has 1 amide bonds. The van der Waals surface area contributed by atoms with E-state index in [0.29, 0.717) is 16.5 Å². The second kappa shape index (κ2) is 10.7. The third-order valence-corrected chi connectivity index (χ3v) is 9.66. The third kappa shape index (κ3) is 5.87. The molecule has 2 aromatic carbocycles. The van der Waals surface area contributed by atoms with Gasteiger partial charge in [0.25, 0.3) is 5.91 Å². The van der Waals surface area contributed by atoms with Crippen molar-refractivity contribution in [3.05, 3.63) is 63.8 Å². The van der Waals surface area contributed by atoms with E-state index >= 15 is 0 Å². The van der Waals surface area contributed by atoms with E-state index < -0.39 is 9.84 Å². The largest absolute Gasteiger partial charge is 0.350 e. The number of rotatable bonds is 6. The van der Waals surface area contributed by atoms with E-state index in [-0.39, 0.29) is 11.9 Å². The quantitative estimate of drug-likeness (QED) is 0.430. The number of nitrogens with zero attached hydrogens (tertiary/aromatic N) is 1. The second-order valence-electron chi connectivity index (χ2n) is 10.4. The molecular formula is C28H34BrN3O3S. The number of benzene rings is 2. The Hall–Kier alpha value is -2.16. The molecule has 5 rings (SSSR count). The number of aromatic amines is 1. The number of nitrogens with one attached hydrogen (secondary N) is 2. The molecule has 8 heteroatoms. The lowest BCUT2D eigenvalue weighted by molar-refractivity contribution is 0.0915. The maximum absolute atomic E-state index is 12.8. The number of H-pyrrole nitrogens is 1. The Morgan fingerprint density at radius 3 is 2.53 bits per heavy atom. The molecule has 1 fully saturated rings. The zero-order chi connectivity index (χ0) is 25.3. The maximum Gasteiger partial charge on any atom is 0.267 e. The van der Waals surface area contributed by atoms with Crippen molar-refractivity contribution < 1.29 is 13.2 Å². The summed E-state index contributed by atoms with van der Waals surface area (Å²) in [4.78, 5) is 19.0. The number of sulfone groups is 1. The summed E-state index contributed by atoms with van der Waals surface area (Å²) < 4.78 is 24.8. The molecule has 0 atom stereocenters. The normalized spacial score (nSPS) is 21.2. The number of hydrogen-bond acceptors (Lipinski definition) is 4. The molecule has 2 heterocycles. The van der Waals surface area contributed by atoms with Crippen molar-refractivity contribution in [2.24, 2.45) is 5.92 Å². The summed E-state index contributed by atoms with van der Waals surface area (Å²) in [7, 11) is -3.17. The highest BCUT2D eigenvalue weighted by Crippen LogP contribution is 2.29. The van der Waals surface area contributed by atoms with Gasteiger partial charge in [-0.1, -0.05) is 18.2 Å². The van der Waals surface area contributed by atoms with E-state index in [1.165, 1.54) is 23.8 Å². The fraction of sp³-hybridized carbons (Fsp3) is 0.464. The van der Waals surface area contributed by atoms with E-state index in [2.05, 4.69) is 31.1 Å². The van der Waals surface area contributed by atoms with Crippen molar-refractivity contribution in [3.63, 3.8) is 0 Å². The maximum atomic E-state index is 12.8. The van der Waals surface area contributed by atoms with Crippen LogP contribution in [0.3, 0.4) is 0 Å². The first kappa shape index (κ1) is 25.5. The Bertz CT molecular complexity index is 1360. The number of fused-ring (bicyclic) bond motifs is 2. The van der Waals surface area contributed by atoms with E-state index in [4.69, 9.17) is 0 Å². The van der Waals surface area contributed by atoms with Crippen LogP contribution in [0.4, 0.5) is 0 Å². The summed E-state index contributed by atoms with van der Waals surface area (Å²) in [6, 6.07) is 13.7. The smallest absolute Gasteiger partial charge is 0.267 e. The summed E-state index contributed by atoms with van der Waals surface area (Å²) in [5.74, 6) is 0.675. The van der Waals surface area contributed by atoms with Gasteiger partial charge in [-0.05, 0) is 109 Å². The minimum Gasteiger partial charge on any atom is -0.350 e. The van der Waals surface area contributed by atoms with E-state index in [0.717, 1.165) is 73.5 Å². The molecule has 1 aliphatic carbocycles. The van der Waals surface area contributed by atoms with Crippen LogP contribution in [-0.4, -0.2) is 56.1 Å². The molecule has 0 saturated heterocycles. The summed E-state index contributed by atoms with van der Waals surface area (Å²) in [5.41, 5.74) is 4.03. The number of hydrogen-bond donors (Lipinski definition) is 2. The van der Waals surface area contributed by atoms with Gasteiger partial charge in [-0.3, -0.25) is 4.79 Å². The van der Waals surface area contributed by atoms with Crippen LogP contribution in [0.25, 0.3) is 10.9 Å². The summed E-state index contributed by atoms with van der Waals surface area (Å²) in [5, 5.41) is 4.27. The lowest BCUT2D eigenvalue weighted by Crippen LogP contribution is -2.38. The summed E-state index contributed by atoms with van der Waals surface area (Å²) in [6.07, 6.45) is 8.69. The first-order valence-corrected chi connectivity index (χ1v) is 15.6. The van der Waals surface area contributed by atoms with Crippen LogP contribution in [0.1, 0.15) is 53.7 Å². The Morgan fingerprint density at radius 2 is 1.81 bits per heavy atom. The molecule has 0 radical (unpaired) electrons. The van der Waals surface area contributed by atoms with Crippen LogP contribution in [0, 0.1) is 5.92 Å². The van der Waals surface area contributed by atoms with Gasteiger partial charge in [0.05, 0.1) is 10.4 Å². The number of carbonyl (C=O) groups excluding carboxylic acids is 1. The van der Waals surface area contributed by atoms with Gasteiger partial charge >= 0.3 is 0 Å². The monoisotopic (exact) mass is 571 g/mol. The van der Waals surface area contributed by atoms with Gasteiger partial charge in [-0.2, -0.15) is 0 Å². The van der Waals surface area contributed by atoms with Crippen LogP contribution >= 0.6 is 15.9 Å². The SMILES string of the molecule is CS(=O)(=O)c1ccc2c(c1)CCN(CCC1CCC(NC(=O)c3cc4cccc(Br)c4[nH]3)CC1)CC2. The number of aromatic nitrogens is 1. The molecule has 3 aromatic rings. The molecule has 0 spiro atoms. The number of carbonyl (C=O) groups is 1. The van der Waals surface area contributed by atoms with E-state index in [1.807, 2.05) is 36.4 Å². The van der Waals surface area contributed by atoms with Crippen molar-refractivity contribution in [1.29, 1.82) is 0 Å². The van der Waals surface area contributed by atoms with Gasteiger partial charge in [0.1, 0.15) is 5.69 Å². The summed E-state index contributed by atoms with van der Waals surface area (Å²) in [6.45, 7) is 3.09. The molecule has 36 heavy (non-hydrogen) atoms. The standard InChI is InChI=1S/C28H34BrN3O3S/c1-36(34,35)24-10-7-20-12-15-32(16-13-21(20)17-24)14-11-19-5-8-23(9-6-19)30-28(33)26-18-22-3-2-4-25(29)27(22)31-26/h2-4,7,10,17-19,23,31H,5-6,8-9,11-16H2,1H3,(H,30,33). The third-order valence-electron chi connectivity index (χ3n) is 7.89. The highest BCUT2D eigenvalue weighted by Gasteiger charge is 2.24. The molecule has 192 valence electrons. The van der Waals surface area contributed by atoms with Crippen molar-refractivity contribution in [1.82, 2.24) is 15.2 Å². The van der Waals surface area contributed by atoms with Gasteiger partial charge in [0, 0.05) is 35.2 Å². The van der Waals surface area contributed by atoms with E-state index in [1.54, 1.807) is 6.07 Å². The van der Waals surface area contributed by atoms with E-state index in [9.17, 15) is 13.2 Å².